The lowest BCUT2D eigenvalue weighted by atomic mass is 9.80. The van der Waals surface area contributed by atoms with Crippen LogP contribution in [0.1, 0.15) is 19.5 Å². The van der Waals surface area contributed by atoms with Crippen LogP contribution in [-0.4, -0.2) is 38.2 Å². The average molecular weight is 246 g/mol. The predicted molar refractivity (Wildman–Crippen MR) is 69.5 cm³/mol. The number of hydrogen-bond acceptors (Lipinski definition) is 5. The zero-order chi connectivity index (χ0) is 12.9. The van der Waals surface area contributed by atoms with Gasteiger partial charge in [0.05, 0.1) is 5.54 Å². The fraction of sp³-hybridized carbons (Fsp3) is 0.583. The van der Waals surface area contributed by atoms with E-state index >= 15 is 0 Å². The Hall–Kier alpha value is -1.69. The summed E-state index contributed by atoms with van der Waals surface area (Å²) >= 11 is 0. The van der Waals surface area contributed by atoms with E-state index < -0.39 is 0 Å². The molecule has 0 unspecified atom stereocenters. The van der Waals surface area contributed by atoms with Gasteiger partial charge in [-0.25, -0.2) is 4.98 Å². The lowest BCUT2D eigenvalue weighted by Crippen LogP contribution is -2.70. The first-order valence-electron chi connectivity index (χ1n) is 6.21. The van der Waals surface area contributed by atoms with Gasteiger partial charge in [0.15, 0.2) is 0 Å². The Kier molecular flexibility index (Phi) is 2.31. The molecule has 3 heterocycles. The van der Waals surface area contributed by atoms with E-state index in [0.29, 0.717) is 11.7 Å². The van der Waals surface area contributed by atoms with Crippen LogP contribution in [0.3, 0.4) is 0 Å². The van der Waals surface area contributed by atoms with E-state index in [9.17, 15) is 0 Å². The molecule has 2 aromatic heterocycles. The van der Waals surface area contributed by atoms with Crippen molar-refractivity contribution < 1.29 is 0 Å². The number of fused-ring (bicyclic) bond motifs is 1. The van der Waals surface area contributed by atoms with Crippen molar-refractivity contribution in [1.82, 2.24) is 19.6 Å². The minimum absolute atomic E-state index is 0.0932. The van der Waals surface area contributed by atoms with Crippen molar-refractivity contribution in [1.29, 1.82) is 0 Å². The summed E-state index contributed by atoms with van der Waals surface area (Å²) in [6.07, 6.45) is 1.53. The van der Waals surface area contributed by atoms with Gasteiger partial charge in [0.25, 0.3) is 5.78 Å². The standard InChI is InChI=1S/C12H18N6/c1-8(2)12(13)5-17(6-12)10-4-9(3)16-11-14-7-15-18(10)11/h4,7-8H,5-6,13H2,1-3H3. The Morgan fingerprint density at radius 3 is 2.78 bits per heavy atom. The van der Waals surface area contributed by atoms with E-state index in [4.69, 9.17) is 5.73 Å². The maximum absolute atomic E-state index is 6.33. The molecule has 0 radical (unpaired) electrons. The van der Waals surface area contributed by atoms with Gasteiger partial charge in [-0.2, -0.15) is 14.6 Å². The molecule has 0 atom stereocenters. The molecule has 2 N–H and O–H groups in total. The Bertz CT molecular complexity index is 581. The second-order valence-electron chi connectivity index (χ2n) is 5.47. The molecule has 3 rings (SSSR count). The van der Waals surface area contributed by atoms with Crippen LogP contribution in [-0.2, 0) is 0 Å². The monoisotopic (exact) mass is 246 g/mol. The van der Waals surface area contributed by atoms with Crippen molar-refractivity contribution in [2.75, 3.05) is 18.0 Å². The minimum Gasteiger partial charge on any atom is -0.353 e. The van der Waals surface area contributed by atoms with Crippen molar-refractivity contribution in [2.45, 2.75) is 26.3 Å². The van der Waals surface area contributed by atoms with E-state index in [1.807, 2.05) is 13.0 Å². The number of nitrogens with two attached hydrogens (primary N) is 1. The molecule has 1 aliphatic rings. The topological polar surface area (TPSA) is 72.3 Å². The Balaban J connectivity index is 1.95. The first-order valence-corrected chi connectivity index (χ1v) is 6.21. The number of aromatic nitrogens is 4. The lowest BCUT2D eigenvalue weighted by molar-refractivity contribution is 0.242. The second-order valence-corrected chi connectivity index (χ2v) is 5.47. The maximum atomic E-state index is 6.33. The molecule has 0 saturated carbocycles. The van der Waals surface area contributed by atoms with Gasteiger partial charge in [-0.15, -0.1) is 0 Å². The van der Waals surface area contributed by atoms with Gasteiger partial charge in [0.2, 0.25) is 0 Å². The summed E-state index contributed by atoms with van der Waals surface area (Å²) in [4.78, 5) is 10.7. The number of hydrogen-bond donors (Lipinski definition) is 1. The molecule has 1 aliphatic heterocycles. The van der Waals surface area contributed by atoms with Crippen molar-refractivity contribution in [3.63, 3.8) is 0 Å². The summed E-state index contributed by atoms with van der Waals surface area (Å²) in [6, 6.07) is 2.03. The molecule has 1 saturated heterocycles. The molecule has 2 aromatic rings. The molecular formula is C12H18N6. The van der Waals surface area contributed by atoms with E-state index in [1.54, 1.807) is 4.52 Å². The van der Waals surface area contributed by atoms with Crippen LogP contribution >= 0.6 is 0 Å². The number of nitrogens with zero attached hydrogens (tertiary/aromatic N) is 5. The van der Waals surface area contributed by atoms with Crippen LogP contribution in [0, 0.1) is 12.8 Å². The van der Waals surface area contributed by atoms with E-state index in [1.165, 1.54) is 6.33 Å². The van der Waals surface area contributed by atoms with Crippen molar-refractivity contribution in [3.05, 3.63) is 18.1 Å². The van der Waals surface area contributed by atoms with Gasteiger partial charge >= 0.3 is 0 Å². The summed E-state index contributed by atoms with van der Waals surface area (Å²) in [5, 5.41) is 4.22. The van der Waals surface area contributed by atoms with Gasteiger partial charge in [0, 0.05) is 24.8 Å². The summed E-state index contributed by atoms with van der Waals surface area (Å²) in [6.45, 7) is 8.00. The quantitative estimate of drug-likeness (QED) is 0.840. The molecule has 0 bridgehead atoms. The highest BCUT2D eigenvalue weighted by atomic mass is 15.4. The third kappa shape index (κ3) is 1.56. The lowest BCUT2D eigenvalue weighted by Gasteiger charge is -2.51. The molecule has 0 aromatic carbocycles. The largest absolute Gasteiger partial charge is 0.353 e. The molecule has 0 spiro atoms. The van der Waals surface area contributed by atoms with Crippen molar-refractivity contribution in [3.8, 4) is 0 Å². The highest BCUT2D eigenvalue weighted by molar-refractivity contribution is 5.50. The van der Waals surface area contributed by atoms with Crippen LogP contribution < -0.4 is 10.6 Å². The zero-order valence-electron chi connectivity index (χ0n) is 11.0. The Morgan fingerprint density at radius 1 is 1.39 bits per heavy atom. The maximum Gasteiger partial charge on any atom is 0.254 e. The SMILES string of the molecule is Cc1cc(N2CC(N)(C(C)C)C2)n2ncnc2n1. The molecule has 6 nitrogen and oxygen atoms in total. The molecular weight excluding hydrogens is 228 g/mol. The van der Waals surface area contributed by atoms with Crippen LogP contribution in [0.25, 0.3) is 5.78 Å². The van der Waals surface area contributed by atoms with E-state index in [0.717, 1.165) is 24.6 Å². The summed E-state index contributed by atoms with van der Waals surface area (Å²) in [5.74, 6) is 2.14. The molecule has 96 valence electrons. The predicted octanol–water partition coefficient (Wildman–Crippen LogP) is 0.606. The summed E-state index contributed by atoms with van der Waals surface area (Å²) in [5.41, 5.74) is 7.18. The van der Waals surface area contributed by atoms with Gasteiger partial charge in [-0.05, 0) is 12.8 Å². The summed E-state index contributed by atoms with van der Waals surface area (Å²) < 4.78 is 1.77. The highest BCUT2D eigenvalue weighted by Crippen LogP contribution is 2.30. The van der Waals surface area contributed by atoms with Crippen LogP contribution in [0.4, 0.5) is 5.82 Å². The van der Waals surface area contributed by atoms with E-state index in [2.05, 4.69) is 33.8 Å². The van der Waals surface area contributed by atoms with Gasteiger partial charge in [-0.1, -0.05) is 13.8 Å². The van der Waals surface area contributed by atoms with Gasteiger partial charge < -0.3 is 10.6 Å². The first kappa shape index (κ1) is 11.4. The molecule has 18 heavy (non-hydrogen) atoms. The number of aryl methyl sites for hydroxylation is 1. The highest BCUT2D eigenvalue weighted by Gasteiger charge is 2.42. The average Bonchev–Trinajstić information content (AvgIpc) is 2.71. The fourth-order valence-electron chi connectivity index (χ4n) is 2.33. The molecule has 0 amide bonds. The second kappa shape index (κ2) is 3.65. The van der Waals surface area contributed by atoms with Gasteiger partial charge in [0.1, 0.15) is 12.1 Å². The van der Waals surface area contributed by atoms with Crippen molar-refractivity contribution in [2.24, 2.45) is 11.7 Å². The molecule has 6 heteroatoms. The van der Waals surface area contributed by atoms with Crippen LogP contribution in [0.15, 0.2) is 12.4 Å². The van der Waals surface area contributed by atoms with Gasteiger partial charge in [-0.3, -0.25) is 0 Å². The summed E-state index contributed by atoms with van der Waals surface area (Å²) in [7, 11) is 0. The minimum atomic E-state index is -0.0932. The third-order valence-electron chi connectivity index (χ3n) is 3.81. The molecule has 1 fully saturated rings. The fourth-order valence-corrected chi connectivity index (χ4v) is 2.33. The third-order valence-corrected chi connectivity index (χ3v) is 3.81. The molecule has 0 aliphatic carbocycles. The number of anilines is 1. The zero-order valence-corrected chi connectivity index (χ0v) is 11.0. The smallest absolute Gasteiger partial charge is 0.254 e. The first-order chi connectivity index (χ1) is 8.49. The number of rotatable bonds is 2. The Labute approximate surface area is 106 Å². The van der Waals surface area contributed by atoms with Crippen LogP contribution in [0.2, 0.25) is 0 Å². The van der Waals surface area contributed by atoms with Crippen LogP contribution in [0.5, 0.6) is 0 Å². The van der Waals surface area contributed by atoms with Crippen molar-refractivity contribution >= 4 is 11.6 Å². The Morgan fingerprint density at radius 2 is 2.11 bits per heavy atom. The van der Waals surface area contributed by atoms with E-state index in [-0.39, 0.29) is 5.54 Å². The normalized spacial score (nSPS) is 18.4.